The average molecular weight is 547 g/mol. The van der Waals surface area contributed by atoms with Gasteiger partial charge in [-0.3, -0.25) is 9.59 Å². The minimum absolute atomic E-state index is 0.145. The van der Waals surface area contributed by atoms with E-state index in [0.29, 0.717) is 48.6 Å². The van der Waals surface area contributed by atoms with Gasteiger partial charge in [-0.05, 0) is 70.6 Å². The van der Waals surface area contributed by atoms with Gasteiger partial charge in [-0.15, -0.1) is 0 Å². The number of benzene rings is 1. The van der Waals surface area contributed by atoms with Gasteiger partial charge in [0.2, 0.25) is 5.91 Å². The molecule has 3 aromatic rings. The van der Waals surface area contributed by atoms with Gasteiger partial charge >= 0.3 is 0 Å². The smallest absolute Gasteiger partial charge is 0.258 e. The molecule has 8 nitrogen and oxygen atoms in total. The van der Waals surface area contributed by atoms with E-state index in [0.717, 1.165) is 22.6 Å². The van der Waals surface area contributed by atoms with Crippen LogP contribution in [0.3, 0.4) is 0 Å². The highest BCUT2D eigenvalue weighted by molar-refractivity contribution is 9.10. The third-order valence-electron chi connectivity index (χ3n) is 7.46. The van der Waals surface area contributed by atoms with Crippen LogP contribution in [-0.4, -0.2) is 56.0 Å². The van der Waals surface area contributed by atoms with Crippen LogP contribution in [0.25, 0.3) is 5.69 Å². The van der Waals surface area contributed by atoms with E-state index in [1.165, 1.54) is 24.5 Å². The molecule has 1 saturated carbocycles. The standard InChI is InChI=1S/C27H27BrN6O2/c1-2-24(35)32-13-11-20-25-21(34(31-20)18-7-5-17(6-8-18)16-3-4-16)12-14-33(22(25)15-32)27(36)19-9-10-23(28)30-26(19)29/h2,5-10,16,22H,1,3-4,11-15H2,(H2,29,30). The molecule has 1 aromatic carbocycles. The molecule has 9 heteroatoms. The Hall–Kier alpha value is -3.46. The SMILES string of the molecule is C=CC(=O)N1CCc2nn(-c3ccc(C4CC4)cc3)c3c2C(C1)N(C(=O)c1ccc(Br)nc1N)CC3. The number of anilines is 1. The Kier molecular flexibility index (Phi) is 5.67. The van der Waals surface area contributed by atoms with Crippen LogP contribution in [0.5, 0.6) is 0 Å². The first-order chi connectivity index (χ1) is 17.4. The Morgan fingerprint density at radius 3 is 2.56 bits per heavy atom. The molecular weight excluding hydrogens is 520 g/mol. The number of aromatic nitrogens is 3. The van der Waals surface area contributed by atoms with Crippen LogP contribution < -0.4 is 5.73 Å². The van der Waals surface area contributed by atoms with E-state index in [2.05, 4.69) is 51.8 Å². The molecule has 2 amide bonds. The van der Waals surface area contributed by atoms with Crippen LogP contribution in [0.15, 0.2) is 53.7 Å². The summed E-state index contributed by atoms with van der Waals surface area (Å²) in [5.41, 5.74) is 12.0. The second kappa shape index (κ2) is 8.89. The first-order valence-corrected chi connectivity index (χ1v) is 13.1. The normalized spacial score (nSPS) is 19.0. The fourth-order valence-corrected chi connectivity index (χ4v) is 5.79. The lowest BCUT2D eigenvalue weighted by atomic mass is 9.94. The molecule has 1 fully saturated rings. The summed E-state index contributed by atoms with van der Waals surface area (Å²) < 4.78 is 2.61. The molecule has 0 spiro atoms. The molecule has 184 valence electrons. The summed E-state index contributed by atoms with van der Waals surface area (Å²) in [5.74, 6) is 0.542. The fourth-order valence-electron chi connectivity index (χ4n) is 5.47. The minimum Gasteiger partial charge on any atom is -0.383 e. The van der Waals surface area contributed by atoms with Crippen LogP contribution in [0.4, 0.5) is 5.82 Å². The van der Waals surface area contributed by atoms with Gasteiger partial charge in [-0.1, -0.05) is 18.7 Å². The van der Waals surface area contributed by atoms with E-state index in [1.54, 1.807) is 17.0 Å². The molecule has 3 aliphatic rings. The van der Waals surface area contributed by atoms with Gasteiger partial charge in [0.25, 0.3) is 5.91 Å². The average Bonchev–Trinajstić information content (AvgIpc) is 3.69. The predicted octanol–water partition coefficient (Wildman–Crippen LogP) is 3.80. The van der Waals surface area contributed by atoms with Crippen molar-refractivity contribution in [2.45, 2.75) is 37.6 Å². The Bertz CT molecular complexity index is 1380. The number of carbonyl (C=O) groups excluding carboxylic acids is 2. The lowest BCUT2D eigenvalue weighted by Crippen LogP contribution is -2.46. The summed E-state index contributed by atoms with van der Waals surface area (Å²) in [6, 6.07) is 11.8. The van der Waals surface area contributed by atoms with Crippen molar-refractivity contribution in [1.82, 2.24) is 24.6 Å². The number of halogens is 1. The van der Waals surface area contributed by atoms with Crippen molar-refractivity contribution in [3.8, 4) is 5.69 Å². The predicted molar refractivity (Wildman–Crippen MR) is 140 cm³/mol. The van der Waals surface area contributed by atoms with Crippen molar-refractivity contribution in [3.63, 3.8) is 0 Å². The number of pyridine rings is 1. The summed E-state index contributed by atoms with van der Waals surface area (Å²) >= 11 is 3.31. The van der Waals surface area contributed by atoms with Crippen LogP contribution in [-0.2, 0) is 17.6 Å². The zero-order chi connectivity index (χ0) is 25.0. The number of nitrogen functional groups attached to an aromatic ring is 1. The maximum atomic E-state index is 13.7. The van der Waals surface area contributed by atoms with E-state index in [1.807, 2.05) is 9.58 Å². The molecule has 2 aliphatic heterocycles. The number of hydrogen-bond acceptors (Lipinski definition) is 5. The summed E-state index contributed by atoms with van der Waals surface area (Å²) in [5, 5.41) is 5.02. The molecule has 2 N–H and O–H groups in total. The van der Waals surface area contributed by atoms with Crippen LogP contribution in [0, 0.1) is 0 Å². The number of carbonyl (C=O) groups is 2. The molecule has 36 heavy (non-hydrogen) atoms. The first-order valence-electron chi connectivity index (χ1n) is 12.3. The summed E-state index contributed by atoms with van der Waals surface area (Å²) in [4.78, 5) is 34.1. The monoisotopic (exact) mass is 546 g/mol. The number of hydrogen-bond donors (Lipinski definition) is 1. The minimum atomic E-state index is -0.329. The summed E-state index contributed by atoms with van der Waals surface area (Å²) in [7, 11) is 0. The molecule has 2 aromatic heterocycles. The Balaban J connectivity index is 1.41. The van der Waals surface area contributed by atoms with Crippen molar-refractivity contribution in [2.24, 2.45) is 0 Å². The molecule has 4 heterocycles. The lowest BCUT2D eigenvalue weighted by molar-refractivity contribution is -0.126. The highest BCUT2D eigenvalue weighted by atomic mass is 79.9. The number of nitrogens with two attached hydrogens (primary N) is 1. The maximum Gasteiger partial charge on any atom is 0.258 e. The zero-order valence-electron chi connectivity index (χ0n) is 19.9. The molecule has 0 radical (unpaired) electrons. The van der Waals surface area contributed by atoms with E-state index < -0.39 is 0 Å². The van der Waals surface area contributed by atoms with Gasteiger partial charge < -0.3 is 15.5 Å². The van der Waals surface area contributed by atoms with E-state index in [-0.39, 0.29) is 23.7 Å². The van der Waals surface area contributed by atoms with Gasteiger partial charge in [-0.25, -0.2) is 9.67 Å². The molecule has 0 saturated heterocycles. The maximum absolute atomic E-state index is 13.7. The molecular formula is C27H27BrN6O2. The van der Waals surface area contributed by atoms with Crippen molar-refractivity contribution in [3.05, 3.63) is 81.7 Å². The quantitative estimate of drug-likeness (QED) is 0.396. The van der Waals surface area contributed by atoms with Gasteiger partial charge in [0.15, 0.2) is 0 Å². The first kappa shape index (κ1) is 23.0. The third-order valence-corrected chi connectivity index (χ3v) is 7.91. The number of amides is 2. The summed E-state index contributed by atoms with van der Waals surface area (Å²) in [6.07, 6.45) is 5.15. The van der Waals surface area contributed by atoms with Crippen molar-refractivity contribution < 1.29 is 9.59 Å². The molecule has 1 aliphatic carbocycles. The van der Waals surface area contributed by atoms with Crippen LogP contribution in [0.1, 0.15) is 57.7 Å². The van der Waals surface area contributed by atoms with Crippen molar-refractivity contribution in [1.29, 1.82) is 0 Å². The van der Waals surface area contributed by atoms with E-state index in [4.69, 9.17) is 10.8 Å². The zero-order valence-corrected chi connectivity index (χ0v) is 21.4. The second-order valence-electron chi connectivity index (χ2n) is 9.65. The molecule has 6 rings (SSSR count). The van der Waals surface area contributed by atoms with Crippen LogP contribution in [0.2, 0.25) is 0 Å². The Morgan fingerprint density at radius 2 is 1.86 bits per heavy atom. The number of nitrogens with zero attached hydrogens (tertiary/aromatic N) is 5. The van der Waals surface area contributed by atoms with E-state index >= 15 is 0 Å². The van der Waals surface area contributed by atoms with Gasteiger partial charge in [0, 0.05) is 38.0 Å². The topological polar surface area (TPSA) is 97.4 Å². The number of rotatable bonds is 4. The van der Waals surface area contributed by atoms with Gasteiger partial charge in [0.05, 0.1) is 28.7 Å². The Morgan fingerprint density at radius 1 is 1.08 bits per heavy atom. The molecule has 0 bridgehead atoms. The van der Waals surface area contributed by atoms with E-state index in [9.17, 15) is 9.59 Å². The fraction of sp³-hybridized carbons (Fsp3) is 0.333. The molecule has 1 unspecified atom stereocenters. The van der Waals surface area contributed by atoms with Crippen molar-refractivity contribution >= 4 is 33.6 Å². The molecule has 1 atom stereocenters. The largest absolute Gasteiger partial charge is 0.383 e. The lowest BCUT2D eigenvalue weighted by Gasteiger charge is -2.38. The van der Waals surface area contributed by atoms with Gasteiger partial charge in [-0.2, -0.15) is 5.10 Å². The van der Waals surface area contributed by atoms with Gasteiger partial charge in [0.1, 0.15) is 10.4 Å². The second-order valence-corrected chi connectivity index (χ2v) is 10.5. The highest BCUT2D eigenvalue weighted by Gasteiger charge is 2.40. The highest BCUT2D eigenvalue weighted by Crippen LogP contribution is 2.41. The Labute approximate surface area is 217 Å². The summed E-state index contributed by atoms with van der Waals surface area (Å²) in [6.45, 7) is 5.06. The van der Waals surface area contributed by atoms with Crippen molar-refractivity contribution in [2.75, 3.05) is 25.4 Å². The third kappa shape index (κ3) is 3.91. The van der Waals surface area contributed by atoms with Crippen LogP contribution >= 0.6 is 15.9 Å².